The third-order valence-corrected chi connectivity index (χ3v) is 4.70. The summed E-state index contributed by atoms with van der Waals surface area (Å²) in [6, 6.07) is 10.5. The lowest BCUT2D eigenvalue weighted by Gasteiger charge is -2.05. The van der Waals surface area contributed by atoms with Gasteiger partial charge in [-0.25, -0.2) is 19.3 Å². The summed E-state index contributed by atoms with van der Waals surface area (Å²) < 4.78 is 1.40. The molecule has 7 nitrogen and oxygen atoms in total. The molecule has 3 aromatic heterocycles. The largest absolute Gasteiger partial charge is 0.364 e. The van der Waals surface area contributed by atoms with Crippen molar-refractivity contribution in [3.8, 4) is 16.4 Å². The van der Waals surface area contributed by atoms with Gasteiger partial charge in [0.25, 0.3) is 5.91 Å². The number of halogens is 1. The summed E-state index contributed by atoms with van der Waals surface area (Å²) >= 11 is 7.28. The van der Waals surface area contributed by atoms with E-state index in [0.717, 1.165) is 0 Å². The van der Waals surface area contributed by atoms with Gasteiger partial charge in [-0.1, -0.05) is 11.6 Å². The third-order valence-electron chi connectivity index (χ3n) is 3.60. The predicted molar refractivity (Wildman–Crippen MR) is 96.3 cm³/mol. The number of carbonyl (C=O) groups is 1. The number of thiophene rings is 1. The van der Waals surface area contributed by atoms with Crippen LogP contribution in [0, 0.1) is 0 Å². The van der Waals surface area contributed by atoms with E-state index in [-0.39, 0.29) is 17.0 Å². The molecule has 0 aliphatic carbocycles. The van der Waals surface area contributed by atoms with Crippen LogP contribution in [0.3, 0.4) is 0 Å². The van der Waals surface area contributed by atoms with E-state index in [1.165, 1.54) is 15.9 Å². The molecule has 1 amide bonds. The van der Waals surface area contributed by atoms with Gasteiger partial charge in [0.2, 0.25) is 0 Å². The average Bonchev–Trinajstić information content (AvgIpc) is 3.20. The molecular formula is C16H10ClN5O2S. The van der Waals surface area contributed by atoms with Crippen LogP contribution < -0.4 is 11.4 Å². The molecule has 0 spiro atoms. The van der Waals surface area contributed by atoms with Crippen molar-refractivity contribution >= 4 is 40.0 Å². The van der Waals surface area contributed by atoms with Gasteiger partial charge in [-0.2, -0.15) is 0 Å². The molecule has 3 N–H and O–H groups in total. The van der Waals surface area contributed by atoms with Crippen LogP contribution in [-0.2, 0) is 0 Å². The van der Waals surface area contributed by atoms with E-state index >= 15 is 0 Å². The fourth-order valence-corrected chi connectivity index (χ4v) is 3.35. The Morgan fingerprint density at radius 1 is 1.20 bits per heavy atom. The standard InChI is InChI=1S/C16H10ClN5O2S/c17-9-5-3-8(4-6-9)14-19-11(13(18)23)12-15(21-14)22(16(24)20-12)10-2-1-7-25-10/h1-7H,(H2,18,23)(H,20,24). The van der Waals surface area contributed by atoms with E-state index in [0.29, 0.717) is 21.2 Å². The van der Waals surface area contributed by atoms with E-state index in [2.05, 4.69) is 15.0 Å². The number of nitrogens with two attached hydrogens (primary N) is 1. The van der Waals surface area contributed by atoms with Crippen molar-refractivity contribution in [2.24, 2.45) is 5.73 Å². The number of benzene rings is 1. The van der Waals surface area contributed by atoms with Crippen molar-refractivity contribution in [3.63, 3.8) is 0 Å². The number of carbonyl (C=O) groups excluding carboxylic acids is 1. The van der Waals surface area contributed by atoms with Crippen molar-refractivity contribution in [3.05, 3.63) is 63.0 Å². The summed E-state index contributed by atoms with van der Waals surface area (Å²) in [5.74, 6) is -0.468. The number of aromatic nitrogens is 4. The Balaban J connectivity index is 2.06. The molecule has 0 bridgehead atoms. The van der Waals surface area contributed by atoms with Crippen molar-refractivity contribution in [1.82, 2.24) is 19.5 Å². The van der Waals surface area contributed by atoms with Crippen LogP contribution in [-0.4, -0.2) is 25.4 Å². The Morgan fingerprint density at radius 3 is 2.60 bits per heavy atom. The number of primary amides is 1. The Kier molecular flexibility index (Phi) is 3.63. The topological polar surface area (TPSA) is 107 Å². The zero-order valence-corrected chi connectivity index (χ0v) is 14.1. The first-order valence-corrected chi connectivity index (χ1v) is 8.43. The summed E-state index contributed by atoms with van der Waals surface area (Å²) in [6.07, 6.45) is 0. The van der Waals surface area contributed by atoms with Crippen LogP contribution in [0.4, 0.5) is 0 Å². The maximum absolute atomic E-state index is 12.4. The van der Waals surface area contributed by atoms with Crippen LogP contribution in [0.2, 0.25) is 5.02 Å². The monoisotopic (exact) mass is 371 g/mol. The highest BCUT2D eigenvalue weighted by molar-refractivity contribution is 7.12. The highest BCUT2D eigenvalue weighted by Crippen LogP contribution is 2.24. The highest BCUT2D eigenvalue weighted by Gasteiger charge is 2.20. The maximum Gasteiger partial charge on any atom is 0.333 e. The minimum Gasteiger partial charge on any atom is -0.364 e. The van der Waals surface area contributed by atoms with E-state index in [9.17, 15) is 9.59 Å². The van der Waals surface area contributed by atoms with Crippen molar-refractivity contribution in [2.45, 2.75) is 0 Å². The van der Waals surface area contributed by atoms with Crippen LogP contribution >= 0.6 is 22.9 Å². The van der Waals surface area contributed by atoms with E-state index < -0.39 is 11.6 Å². The number of nitrogens with zero attached hydrogens (tertiary/aromatic N) is 3. The van der Waals surface area contributed by atoms with Gasteiger partial charge in [0.1, 0.15) is 10.5 Å². The second-order valence-electron chi connectivity index (χ2n) is 5.18. The Labute approximate surface area is 149 Å². The number of hydrogen-bond acceptors (Lipinski definition) is 5. The number of hydrogen-bond donors (Lipinski definition) is 2. The Bertz CT molecular complexity index is 1150. The van der Waals surface area contributed by atoms with Crippen molar-refractivity contribution < 1.29 is 4.79 Å². The van der Waals surface area contributed by atoms with Gasteiger partial charge in [-0.05, 0) is 41.8 Å². The van der Waals surface area contributed by atoms with Gasteiger partial charge in [0, 0.05) is 10.6 Å². The van der Waals surface area contributed by atoms with Gasteiger partial charge in [0.15, 0.2) is 17.2 Å². The molecule has 0 atom stereocenters. The van der Waals surface area contributed by atoms with Gasteiger partial charge in [-0.15, -0.1) is 11.3 Å². The molecule has 4 aromatic rings. The Morgan fingerprint density at radius 2 is 1.96 bits per heavy atom. The van der Waals surface area contributed by atoms with Crippen molar-refractivity contribution in [2.75, 3.05) is 0 Å². The van der Waals surface area contributed by atoms with Gasteiger partial charge < -0.3 is 10.7 Å². The Hall–Kier alpha value is -2.97. The summed E-state index contributed by atoms with van der Waals surface area (Å²) in [6.45, 7) is 0. The number of amides is 1. The molecule has 0 aliphatic heterocycles. The maximum atomic E-state index is 12.4. The highest BCUT2D eigenvalue weighted by atomic mass is 35.5. The average molecular weight is 372 g/mol. The summed E-state index contributed by atoms with van der Waals surface area (Å²) in [7, 11) is 0. The molecule has 25 heavy (non-hydrogen) atoms. The number of nitrogens with one attached hydrogen (secondary N) is 1. The lowest BCUT2D eigenvalue weighted by Crippen LogP contribution is -2.15. The molecular weight excluding hydrogens is 362 g/mol. The first kappa shape index (κ1) is 15.6. The summed E-state index contributed by atoms with van der Waals surface area (Å²) in [5.41, 5.74) is 6.15. The lowest BCUT2D eigenvalue weighted by molar-refractivity contribution is 0.0997. The molecule has 0 saturated heterocycles. The fourth-order valence-electron chi connectivity index (χ4n) is 2.49. The normalized spacial score (nSPS) is 11.1. The van der Waals surface area contributed by atoms with Crippen LogP contribution in [0.25, 0.3) is 27.6 Å². The second kappa shape index (κ2) is 5.83. The molecule has 0 saturated carbocycles. The fraction of sp³-hybridized carbons (Fsp3) is 0. The minimum atomic E-state index is -0.748. The quantitative estimate of drug-likeness (QED) is 0.577. The molecule has 0 aliphatic rings. The molecule has 0 fully saturated rings. The zero-order valence-electron chi connectivity index (χ0n) is 12.6. The number of H-pyrrole nitrogens is 1. The third kappa shape index (κ3) is 2.61. The molecule has 0 radical (unpaired) electrons. The van der Waals surface area contributed by atoms with Crippen LogP contribution in [0.5, 0.6) is 0 Å². The summed E-state index contributed by atoms with van der Waals surface area (Å²) in [5, 5.41) is 3.08. The zero-order chi connectivity index (χ0) is 17.6. The molecule has 3 heterocycles. The molecule has 9 heteroatoms. The number of aromatic amines is 1. The second-order valence-corrected chi connectivity index (χ2v) is 6.55. The molecule has 0 unspecified atom stereocenters. The van der Waals surface area contributed by atoms with Gasteiger partial charge >= 0.3 is 5.69 Å². The summed E-state index contributed by atoms with van der Waals surface area (Å²) in [4.78, 5) is 35.5. The van der Waals surface area contributed by atoms with E-state index in [1.54, 1.807) is 30.3 Å². The van der Waals surface area contributed by atoms with E-state index in [1.807, 2.05) is 11.4 Å². The number of fused-ring (bicyclic) bond motifs is 1. The minimum absolute atomic E-state index is 0.0395. The predicted octanol–water partition coefficient (Wildman–Crippen LogP) is 2.59. The first-order chi connectivity index (χ1) is 12.0. The number of rotatable bonds is 3. The van der Waals surface area contributed by atoms with Crippen molar-refractivity contribution in [1.29, 1.82) is 0 Å². The molecule has 4 rings (SSSR count). The molecule has 124 valence electrons. The number of imidazole rings is 1. The van der Waals surface area contributed by atoms with Gasteiger partial charge in [-0.3, -0.25) is 4.79 Å². The molecule has 1 aromatic carbocycles. The smallest absolute Gasteiger partial charge is 0.333 e. The lowest BCUT2D eigenvalue weighted by atomic mass is 10.2. The SMILES string of the molecule is NC(=O)c1nc(-c2ccc(Cl)cc2)nc2c1[nH]c(=O)n2-c1cccs1. The first-order valence-electron chi connectivity index (χ1n) is 7.17. The van der Waals surface area contributed by atoms with Crippen LogP contribution in [0.1, 0.15) is 10.5 Å². The van der Waals surface area contributed by atoms with Gasteiger partial charge in [0.05, 0.1) is 0 Å². The van der Waals surface area contributed by atoms with E-state index in [4.69, 9.17) is 17.3 Å². The van der Waals surface area contributed by atoms with Crippen LogP contribution in [0.15, 0.2) is 46.6 Å².